The number of benzene rings is 2. The van der Waals surface area contributed by atoms with E-state index in [4.69, 9.17) is 9.47 Å². The largest absolute Gasteiger partial charge is 0.454 e. The summed E-state index contributed by atoms with van der Waals surface area (Å²) in [6.07, 6.45) is 0.737. The summed E-state index contributed by atoms with van der Waals surface area (Å²) >= 11 is 0. The van der Waals surface area contributed by atoms with Crippen LogP contribution in [0.15, 0.2) is 53.4 Å². The number of fused-ring (bicyclic) bond motifs is 1. The Balaban J connectivity index is 1.70. The summed E-state index contributed by atoms with van der Waals surface area (Å²) in [4.78, 5) is 11.6. The predicted molar refractivity (Wildman–Crippen MR) is 82.3 cm³/mol. The van der Waals surface area contributed by atoms with Crippen molar-refractivity contribution in [2.45, 2.75) is 16.1 Å². The molecule has 3 atom stereocenters. The fraction of sp³-hybridized carbons (Fsp3) is 0.235. The summed E-state index contributed by atoms with van der Waals surface area (Å²) in [5.74, 6) is 0.363. The van der Waals surface area contributed by atoms with Crippen LogP contribution in [0.5, 0.6) is 11.5 Å². The number of carbonyl (C=O) groups excluding carboxylic acids is 1. The molecule has 3 unspecified atom stereocenters. The first-order chi connectivity index (χ1) is 11.1. The van der Waals surface area contributed by atoms with Gasteiger partial charge in [-0.05, 0) is 29.8 Å². The smallest absolute Gasteiger partial charge is 0.231 e. The van der Waals surface area contributed by atoms with Crippen LogP contribution in [0.3, 0.4) is 0 Å². The van der Waals surface area contributed by atoms with E-state index in [1.54, 1.807) is 48.5 Å². The van der Waals surface area contributed by atoms with Gasteiger partial charge in [0, 0.05) is 11.8 Å². The molecule has 1 saturated carbocycles. The van der Waals surface area contributed by atoms with Gasteiger partial charge in [-0.15, -0.1) is 0 Å². The van der Waals surface area contributed by atoms with E-state index in [9.17, 15) is 13.2 Å². The summed E-state index contributed by atoms with van der Waals surface area (Å²) in [6.45, 7) is 0.159. The molecular formula is C17H14O5S. The molecule has 6 heteroatoms. The standard InChI is InChI=1S/C17H14O5S/c18-9-13-16(11-6-7-14-15(8-11)22-10-21-14)17(13)23(19,20)12-4-2-1-3-5-12/h1-9,13,16-17H,10H2. The van der Waals surface area contributed by atoms with Gasteiger partial charge in [0.05, 0.1) is 10.1 Å². The van der Waals surface area contributed by atoms with Crippen molar-refractivity contribution in [1.29, 1.82) is 0 Å². The third kappa shape index (κ3) is 2.21. The number of ether oxygens (including phenoxy) is 2. The first-order valence-electron chi connectivity index (χ1n) is 7.27. The number of rotatable bonds is 4. The van der Waals surface area contributed by atoms with E-state index in [-0.39, 0.29) is 17.6 Å². The maximum absolute atomic E-state index is 12.8. The minimum atomic E-state index is -3.54. The third-order valence-electron chi connectivity index (χ3n) is 4.38. The van der Waals surface area contributed by atoms with Crippen LogP contribution in [-0.4, -0.2) is 26.7 Å². The number of sulfone groups is 1. The molecule has 2 aromatic rings. The van der Waals surface area contributed by atoms with Crippen molar-refractivity contribution in [2.24, 2.45) is 5.92 Å². The zero-order valence-electron chi connectivity index (χ0n) is 12.1. The lowest BCUT2D eigenvalue weighted by atomic mass is 10.1. The van der Waals surface area contributed by atoms with Crippen molar-refractivity contribution in [3.05, 3.63) is 54.1 Å². The van der Waals surface area contributed by atoms with Crippen LogP contribution < -0.4 is 9.47 Å². The quantitative estimate of drug-likeness (QED) is 0.804. The number of hydrogen-bond donors (Lipinski definition) is 0. The van der Waals surface area contributed by atoms with E-state index in [0.717, 1.165) is 11.8 Å². The highest BCUT2D eigenvalue weighted by Gasteiger charge is 2.59. The molecule has 0 spiro atoms. The predicted octanol–water partition coefficient (Wildman–Crippen LogP) is 2.17. The van der Waals surface area contributed by atoms with Crippen LogP contribution in [0.25, 0.3) is 0 Å². The van der Waals surface area contributed by atoms with Crippen LogP contribution >= 0.6 is 0 Å². The Morgan fingerprint density at radius 2 is 1.74 bits per heavy atom. The topological polar surface area (TPSA) is 69.7 Å². The van der Waals surface area contributed by atoms with Crippen molar-refractivity contribution in [1.82, 2.24) is 0 Å². The van der Waals surface area contributed by atoms with Crippen LogP contribution in [0.1, 0.15) is 11.5 Å². The minimum Gasteiger partial charge on any atom is -0.454 e. The Hall–Kier alpha value is -2.34. The van der Waals surface area contributed by atoms with Gasteiger partial charge in [-0.2, -0.15) is 0 Å². The van der Waals surface area contributed by atoms with Crippen LogP contribution in [0, 0.1) is 5.92 Å². The summed E-state index contributed by atoms with van der Waals surface area (Å²) in [7, 11) is -3.54. The highest BCUT2D eigenvalue weighted by molar-refractivity contribution is 7.92. The second-order valence-electron chi connectivity index (χ2n) is 5.67. The van der Waals surface area contributed by atoms with E-state index in [1.165, 1.54) is 0 Å². The average molecular weight is 330 g/mol. The second-order valence-corrected chi connectivity index (χ2v) is 7.78. The maximum Gasteiger partial charge on any atom is 0.231 e. The zero-order valence-corrected chi connectivity index (χ0v) is 12.9. The second kappa shape index (κ2) is 5.09. The number of hydrogen-bond acceptors (Lipinski definition) is 5. The lowest BCUT2D eigenvalue weighted by Crippen LogP contribution is -2.10. The monoisotopic (exact) mass is 330 g/mol. The molecule has 5 nitrogen and oxygen atoms in total. The molecule has 1 aliphatic heterocycles. The van der Waals surface area contributed by atoms with Gasteiger partial charge in [-0.1, -0.05) is 24.3 Å². The van der Waals surface area contributed by atoms with Crippen molar-refractivity contribution < 1.29 is 22.7 Å². The van der Waals surface area contributed by atoms with Gasteiger partial charge in [0.2, 0.25) is 6.79 Å². The first kappa shape index (κ1) is 14.3. The van der Waals surface area contributed by atoms with Crippen molar-refractivity contribution in [3.63, 3.8) is 0 Å². The van der Waals surface area contributed by atoms with Crippen molar-refractivity contribution >= 4 is 16.1 Å². The van der Waals surface area contributed by atoms with Crippen LogP contribution in [-0.2, 0) is 14.6 Å². The zero-order chi connectivity index (χ0) is 16.0. The highest BCUT2D eigenvalue weighted by atomic mass is 32.2. The van der Waals surface area contributed by atoms with Crippen LogP contribution in [0.4, 0.5) is 0 Å². The molecule has 0 N–H and O–H groups in total. The summed E-state index contributed by atoms with van der Waals surface area (Å²) in [5, 5.41) is -0.720. The summed E-state index contributed by atoms with van der Waals surface area (Å²) in [5.41, 5.74) is 0.788. The average Bonchev–Trinajstić information content (AvgIpc) is 3.15. The molecule has 2 aliphatic rings. The molecule has 1 fully saturated rings. The third-order valence-corrected chi connectivity index (χ3v) is 6.63. The molecule has 2 aromatic carbocycles. The Morgan fingerprint density at radius 3 is 2.48 bits per heavy atom. The molecule has 0 radical (unpaired) electrons. The molecular weight excluding hydrogens is 316 g/mol. The van der Waals surface area contributed by atoms with Gasteiger partial charge < -0.3 is 14.3 Å². The fourth-order valence-corrected chi connectivity index (χ4v) is 5.30. The number of aldehydes is 1. The minimum absolute atomic E-state index is 0.159. The molecule has 1 aliphatic carbocycles. The van der Waals surface area contributed by atoms with E-state index in [2.05, 4.69) is 0 Å². The molecule has 0 saturated heterocycles. The van der Waals surface area contributed by atoms with Crippen molar-refractivity contribution in [2.75, 3.05) is 6.79 Å². The molecule has 0 amide bonds. The van der Waals surface area contributed by atoms with Gasteiger partial charge >= 0.3 is 0 Å². The Labute approximate surface area is 133 Å². The maximum atomic E-state index is 12.8. The Kier molecular flexibility index (Phi) is 3.16. The Morgan fingerprint density at radius 1 is 1.00 bits per heavy atom. The lowest BCUT2D eigenvalue weighted by molar-refractivity contribution is -0.108. The van der Waals surface area contributed by atoms with E-state index < -0.39 is 21.0 Å². The molecule has 0 bridgehead atoms. The molecule has 0 aromatic heterocycles. The van der Waals surface area contributed by atoms with E-state index in [1.807, 2.05) is 0 Å². The number of carbonyl (C=O) groups is 1. The Bertz CT molecular complexity index is 860. The van der Waals surface area contributed by atoms with Gasteiger partial charge in [0.1, 0.15) is 6.29 Å². The molecule has 118 valence electrons. The van der Waals surface area contributed by atoms with Crippen molar-refractivity contribution in [3.8, 4) is 11.5 Å². The van der Waals surface area contributed by atoms with E-state index in [0.29, 0.717) is 11.5 Å². The van der Waals surface area contributed by atoms with E-state index >= 15 is 0 Å². The SMILES string of the molecule is O=CC1C(c2ccc3c(c2)OCO3)C1S(=O)(=O)c1ccccc1. The van der Waals surface area contributed by atoms with Gasteiger partial charge in [0.25, 0.3) is 0 Å². The highest BCUT2D eigenvalue weighted by Crippen LogP contribution is 2.54. The normalized spacial score (nSPS) is 25.1. The van der Waals surface area contributed by atoms with Crippen LogP contribution in [0.2, 0.25) is 0 Å². The lowest BCUT2D eigenvalue weighted by Gasteiger charge is -2.04. The molecule has 23 heavy (non-hydrogen) atoms. The summed E-state index contributed by atoms with van der Waals surface area (Å²) in [6, 6.07) is 13.6. The molecule has 1 heterocycles. The van der Waals surface area contributed by atoms with Gasteiger partial charge in [-0.25, -0.2) is 8.42 Å². The fourth-order valence-electron chi connectivity index (χ4n) is 3.17. The first-order valence-corrected chi connectivity index (χ1v) is 8.81. The molecule has 4 rings (SSSR count). The van der Waals surface area contributed by atoms with Gasteiger partial charge in [-0.3, -0.25) is 0 Å². The summed E-state index contributed by atoms with van der Waals surface area (Å²) < 4.78 is 36.1. The van der Waals surface area contributed by atoms with Gasteiger partial charge in [0.15, 0.2) is 21.3 Å².